The Labute approximate surface area is 167 Å². The van der Waals surface area contributed by atoms with Gasteiger partial charge in [-0.2, -0.15) is 0 Å². The Morgan fingerprint density at radius 1 is 1.07 bits per heavy atom. The lowest BCUT2D eigenvalue weighted by molar-refractivity contribution is -0.122. The zero-order valence-corrected chi connectivity index (χ0v) is 17.4. The second-order valence-corrected chi connectivity index (χ2v) is 7.06. The molecular weight excluding hydrogens is 360 g/mol. The number of hydrogen-bond acceptors (Lipinski definition) is 5. The maximum absolute atomic E-state index is 12.9. The van der Waals surface area contributed by atoms with E-state index in [2.05, 4.69) is 12.2 Å². The average molecular weight is 392 g/mol. The first-order chi connectivity index (χ1) is 13.5. The highest BCUT2D eigenvalue weighted by Crippen LogP contribution is 2.38. The van der Waals surface area contributed by atoms with Crippen LogP contribution >= 0.6 is 0 Å². The van der Waals surface area contributed by atoms with E-state index in [-0.39, 0.29) is 11.8 Å². The van der Waals surface area contributed by atoms with Crippen molar-refractivity contribution in [1.29, 1.82) is 0 Å². The monoisotopic (exact) mass is 392 g/mol. The van der Waals surface area contributed by atoms with Gasteiger partial charge in [-0.15, -0.1) is 0 Å². The Bertz CT molecular complexity index is 644. The first kappa shape index (κ1) is 21.9. The van der Waals surface area contributed by atoms with Crippen molar-refractivity contribution in [1.82, 2.24) is 10.2 Å². The van der Waals surface area contributed by atoms with Gasteiger partial charge in [0.15, 0.2) is 11.5 Å². The molecule has 28 heavy (non-hydrogen) atoms. The summed E-state index contributed by atoms with van der Waals surface area (Å²) < 4.78 is 16.0. The smallest absolute Gasteiger partial charge is 0.254 e. The molecule has 1 saturated heterocycles. The second-order valence-electron chi connectivity index (χ2n) is 7.06. The third kappa shape index (κ3) is 5.53. The molecule has 1 fully saturated rings. The van der Waals surface area contributed by atoms with Gasteiger partial charge in [0, 0.05) is 31.6 Å². The van der Waals surface area contributed by atoms with Gasteiger partial charge in [0.25, 0.3) is 5.91 Å². The summed E-state index contributed by atoms with van der Waals surface area (Å²) in [5.74, 6) is 1.76. The molecule has 7 heteroatoms. The summed E-state index contributed by atoms with van der Waals surface area (Å²) in [5, 5.41) is 2.97. The molecular formula is C21H32N2O5. The van der Waals surface area contributed by atoms with Gasteiger partial charge in [-0.1, -0.05) is 13.3 Å². The highest BCUT2D eigenvalue weighted by molar-refractivity contribution is 5.95. The highest BCUT2D eigenvalue weighted by atomic mass is 16.5. The normalized spacial score (nSPS) is 14.5. The Morgan fingerprint density at radius 2 is 1.68 bits per heavy atom. The number of rotatable bonds is 9. The first-order valence-electron chi connectivity index (χ1n) is 9.90. The summed E-state index contributed by atoms with van der Waals surface area (Å²) in [6.07, 6.45) is 4.28. The summed E-state index contributed by atoms with van der Waals surface area (Å²) in [6, 6.07) is 3.36. The fraction of sp³-hybridized carbons (Fsp3) is 0.619. The van der Waals surface area contributed by atoms with Gasteiger partial charge in [0.2, 0.25) is 11.7 Å². The molecule has 0 aliphatic carbocycles. The number of carbonyl (C=O) groups excluding carboxylic acids is 2. The molecule has 0 saturated carbocycles. The predicted molar refractivity (Wildman–Crippen MR) is 107 cm³/mol. The molecule has 2 rings (SSSR count). The van der Waals surface area contributed by atoms with Gasteiger partial charge in [0.05, 0.1) is 21.3 Å². The van der Waals surface area contributed by atoms with Crippen molar-refractivity contribution in [2.45, 2.75) is 39.0 Å². The number of nitrogens with one attached hydrogen (secondary N) is 1. The van der Waals surface area contributed by atoms with Crippen LogP contribution in [0.4, 0.5) is 0 Å². The summed E-state index contributed by atoms with van der Waals surface area (Å²) in [5.41, 5.74) is 0.505. The lowest BCUT2D eigenvalue weighted by atomic mass is 9.92. The maximum atomic E-state index is 12.9. The molecule has 0 spiro atoms. The Hall–Kier alpha value is -2.44. The second kappa shape index (κ2) is 10.8. The number of carbonyl (C=O) groups is 2. The van der Waals surface area contributed by atoms with Crippen LogP contribution in [0.2, 0.25) is 0 Å². The van der Waals surface area contributed by atoms with Crippen LogP contribution in [-0.4, -0.2) is 57.7 Å². The third-order valence-electron chi connectivity index (χ3n) is 5.14. The van der Waals surface area contributed by atoms with E-state index in [0.29, 0.717) is 48.2 Å². The fourth-order valence-electron chi connectivity index (χ4n) is 3.47. The van der Waals surface area contributed by atoms with Crippen LogP contribution < -0.4 is 19.5 Å². The molecule has 1 aromatic rings. The van der Waals surface area contributed by atoms with Crippen LogP contribution in [0.5, 0.6) is 17.2 Å². The molecule has 156 valence electrons. The van der Waals surface area contributed by atoms with Crippen molar-refractivity contribution >= 4 is 11.8 Å². The number of nitrogens with zero attached hydrogens (tertiary/aromatic N) is 1. The van der Waals surface area contributed by atoms with Gasteiger partial charge in [-0.3, -0.25) is 9.59 Å². The van der Waals surface area contributed by atoms with E-state index in [4.69, 9.17) is 14.2 Å². The lowest BCUT2D eigenvalue weighted by Gasteiger charge is -2.32. The number of unbranched alkanes of at least 4 members (excludes halogenated alkanes) is 1. The van der Waals surface area contributed by atoms with Crippen LogP contribution in [0.25, 0.3) is 0 Å². The van der Waals surface area contributed by atoms with E-state index in [1.807, 2.05) is 4.90 Å². The van der Waals surface area contributed by atoms with Crippen LogP contribution in [0.3, 0.4) is 0 Å². The number of methoxy groups -OCH3 is 3. The molecule has 1 aromatic carbocycles. The van der Waals surface area contributed by atoms with E-state index in [1.54, 1.807) is 12.1 Å². The molecule has 7 nitrogen and oxygen atoms in total. The molecule has 1 N–H and O–H groups in total. The fourth-order valence-corrected chi connectivity index (χ4v) is 3.47. The molecule has 0 bridgehead atoms. The molecule has 1 aliphatic rings. The summed E-state index contributed by atoms with van der Waals surface area (Å²) in [6.45, 7) is 4.13. The minimum Gasteiger partial charge on any atom is -0.493 e. The van der Waals surface area contributed by atoms with Gasteiger partial charge >= 0.3 is 0 Å². The largest absolute Gasteiger partial charge is 0.493 e. The number of ether oxygens (including phenoxy) is 3. The van der Waals surface area contributed by atoms with Gasteiger partial charge in [0.1, 0.15) is 0 Å². The van der Waals surface area contributed by atoms with Crippen molar-refractivity contribution in [3.63, 3.8) is 0 Å². The van der Waals surface area contributed by atoms with E-state index in [9.17, 15) is 9.59 Å². The molecule has 1 heterocycles. The number of hydrogen-bond donors (Lipinski definition) is 1. The molecule has 2 amide bonds. The van der Waals surface area contributed by atoms with Crippen LogP contribution in [0.1, 0.15) is 49.4 Å². The third-order valence-corrected chi connectivity index (χ3v) is 5.14. The van der Waals surface area contributed by atoms with E-state index in [0.717, 1.165) is 32.2 Å². The highest BCUT2D eigenvalue weighted by Gasteiger charge is 2.26. The lowest BCUT2D eigenvalue weighted by Crippen LogP contribution is -2.39. The SMILES string of the molecule is CCCCNC(=O)CC1CCN(C(=O)c2cc(OC)c(OC)c(OC)c2)CC1. The summed E-state index contributed by atoms with van der Waals surface area (Å²) in [7, 11) is 4.59. The molecule has 0 atom stereocenters. The summed E-state index contributed by atoms with van der Waals surface area (Å²) in [4.78, 5) is 26.8. The quantitative estimate of drug-likeness (QED) is 0.654. The van der Waals surface area contributed by atoms with Crippen molar-refractivity contribution < 1.29 is 23.8 Å². The number of amides is 2. The standard InChI is InChI=1S/C21H32N2O5/c1-5-6-9-22-19(24)12-15-7-10-23(11-8-15)21(25)16-13-17(26-2)20(28-4)18(14-16)27-3/h13-15H,5-12H2,1-4H3,(H,22,24). The molecule has 0 unspecified atom stereocenters. The van der Waals surface area contributed by atoms with E-state index < -0.39 is 0 Å². The average Bonchev–Trinajstić information content (AvgIpc) is 2.72. The predicted octanol–water partition coefficient (Wildman–Crippen LogP) is 2.87. The molecule has 0 aromatic heterocycles. The minimum absolute atomic E-state index is 0.0647. The number of piperidine rings is 1. The molecule has 1 aliphatic heterocycles. The zero-order valence-electron chi connectivity index (χ0n) is 17.4. The Kier molecular flexibility index (Phi) is 8.42. The van der Waals surface area contributed by atoms with Crippen LogP contribution in [0.15, 0.2) is 12.1 Å². The number of benzene rings is 1. The van der Waals surface area contributed by atoms with Crippen molar-refractivity contribution in [3.05, 3.63) is 17.7 Å². The Morgan fingerprint density at radius 3 is 2.18 bits per heavy atom. The zero-order chi connectivity index (χ0) is 20.5. The van der Waals surface area contributed by atoms with Crippen LogP contribution in [0, 0.1) is 5.92 Å². The van der Waals surface area contributed by atoms with E-state index in [1.165, 1.54) is 21.3 Å². The topological polar surface area (TPSA) is 77.1 Å². The first-order valence-corrected chi connectivity index (χ1v) is 9.90. The molecule has 0 radical (unpaired) electrons. The van der Waals surface area contributed by atoms with Gasteiger partial charge in [-0.25, -0.2) is 0 Å². The number of likely N-dealkylation sites (tertiary alicyclic amines) is 1. The van der Waals surface area contributed by atoms with Crippen molar-refractivity contribution in [2.24, 2.45) is 5.92 Å². The van der Waals surface area contributed by atoms with Gasteiger partial charge in [-0.05, 0) is 37.3 Å². The van der Waals surface area contributed by atoms with Crippen molar-refractivity contribution in [3.8, 4) is 17.2 Å². The summed E-state index contributed by atoms with van der Waals surface area (Å²) >= 11 is 0. The van der Waals surface area contributed by atoms with Crippen LogP contribution in [-0.2, 0) is 4.79 Å². The maximum Gasteiger partial charge on any atom is 0.254 e. The minimum atomic E-state index is -0.0647. The Balaban J connectivity index is 1.95. The van der Waals surface area contributed by atoms with Crippen molar-refractivity contribution in [2.75, 3.05) is 41.0 Å². The van der Waals surface area contributed by atoms with Gasteiger partial charge < -0.3 is 24.4 Å². The van der Waals surface area contributed by atoms with E-state index >= 15 is 0 Å².